The van der Waals surface area contributed by atoms with E-state index in [1.165, 1.54) is 40.6 Å². The average molecular weight is 242 g/mol. The zero-order valence-electron chi connectivity index (χ0n) is 11.6. The largest absolute Gasteiger partial charge is 0.347 e. The Morgan fingerprint density at radius 1 is 1.33 bits per heavy atom. The lowest BCUT2D eigenvalue weighted by atomic mass is 9.86. The number of aromatic nitrogens is 1. The van der Waals surface area contributed by atoms with E-state index in [0.29, 0.717) is 5.92 Å². The van der Waals surface area contributed by atoms with E-state index in [1.807, 2.05) is 0 Å². The maximum Gasteiger partial charge on any atom is 0.0515 e. The second-order valence-electron chi connectivity index (χ2n) is 5.73. The van der Waals surface area contributed by atoms with E-state index in [9.17, 15) is 0 Å². The van der Waals surface area contributed by atoms with E-state index in [-0.39, 0.29) is 0 Å². The van der Waals surface area contributed by atoms with Crippen LogP contribution in [-0.2, 0) is 19.9 Å². The molecule has 2 nitrogen and oxygen atoms in total. The van der Waals surface area contributed by atoms with Crippen molar-refractivity contribution in [2.24, 2.45) is 18.7 Å². The second kappa shape index (κ2) is 4.13. The Balaban J connectivity index is 2.28. The van der Waals surface area contributed by atoms with Gasteiger partial charge in [-0.25, -0.2) is 0 Å². The molecule has 3 rings (SSSR count). The van der Waals surface area contributed by atoms with Crippen LogP contribution in [0.2, 0.25) is 0 Å². The van der Waals surface area contributed by atoms with E-state index in [0.717, 1.165) is 13.0 Å². The van der Waals surface area contributed by atoms with Crippen LogP contribution in [0.5, 0.6) is 0 Å². The van der Waals surface area contributed by atoms with Crippen LogP contribution in [-0.4, -0.2) is 11.1 Å². The normalized spacial score (nSPS) is 19.2. The minimum Gasteiger partial charge on any atom is -0.347 e. The van der Waals surface area contributed by atoms with Gasteiger partial charge in [0.1, 0.15) is 0 Å². The van der Waals surface area contributed by atoms with Gasteiger partial charge in [0.25, 0.3) is 0 Å². The van der Waals surface area contributed by atoms with Crippen LogP contribution in [0.1, 0.15) is 28.8 Å². The van der Waals surface area contributed by atoms with Gasteiger partial charge in [-0.2, -0.15) is 0 Å². The Kier molecular flexibility index (Phi) is 2.70. The molecule has 18 heavy (non-hydrogen) atoms. The quantitative estimate of drug-likeness (QED) is 0.819. The number of rotatable bonds is 1. The molecule has 0 saturated heterocycles. The third-order valence-corrected chi connectivity index (χ3v) is 4.73. The Morgan fingerprint density at radius 3 is 2.83 bits per heavy atom. The fraction of sp³-hybridized carbons (Fsp3) is 0.500. The molecule has 1 atom stereocenters. The Labute approximate surface area is 109 Å². The number of fused-ring (bicyclic) bond motifs is 3. The van der Waals surface area contributed by atoms with Crippen LogP contribution >= 0.6 is 0 Å². The number of aryl methyl sites for hydroxylation is 3. The molecule has 1 aromatic heterocycles. The predicted molar refractivity (Wildman–Crippen MR) is 77.0 cm³/mol. The third kappa shape index (κ3) is 1.52. The standard InChI is InChI=1S/C16H22N2/c1-10-4-6-13-14-8-12(9-17)5-7-15(14)18(3)16(13)11(10)2/h4,6,12H,5,7-9,17H2,1-3H3. The molecule has 2 aromatic rings. The highest BCUT2D eigenvalue weighted by Gasteiger charge is 2.24. The molecule has 1 heterocycles. The summed E-state index contributed by atoms with van der Waals surface area (Å²) < 4.78 is 2.42. The molecular formula is C16H22N2. The molecule has 96 valence electrons. The summed E-state index contributed by atoms with van der Waals surface area (Å²) in [6.45, 7) is 5.26. The summed E-state index contributed by atoms with van der Waals surface area (Å²) in [4.78, 5) is 0. The fourth-order valence-electron chi connectivity index (χ4n) is 3.45. The van der Waals surface area contributed by atoms with Crippen molar-refractivity contribution in [3.63, 3.8) is 0 Å². The van der Waals surface area contributed by atoms with Crippen molar-refractivity contribution in [1.82, 2.24) is 4.57 Å². The lowest BCUT2D eigenvalue weighted by Crippen LogP contribution is -2.22. The highest BCUT2D eigenvalue weighted by atomic mass is 15.0. The molecular weight excluding hydrogens is 220 g/mol. The van der Waals surface area contributed by atoms with Crippen molar-refractivity contribution in [3.8, 4) is 0 Å². The highest BCUT2D eigenvalue weighted by Crippen LogP contribution is 2.35. The van der Waals surface area contributed by atoms with Crippen molar-refractivity contribution >= 4 is 10.9 Å². The van der Waals surface area contributed by atoms with Crippen molar-refractivity contribution in [2.45, 2.75) is 33.1 Å². The summed E-state index contributed by atoms with van der Waals surface area (Å²) in [5.41, 5.74) is 13.2. The summed E-state index contributed by atoms with van der Waals surface area (Å²) in [6, 6.07) is 4.55. The minimum atomic E-state index is 0.671. The van der Waals surface area contributed by atoms with Crippen LogP contribution < -0.4 is 5.73 Å². The molecule has 0 bridgehead atoms. The first-order valence-corrected chi connectivity index (χ1v) is 6.90. The number of nitrogens with zero attached hydrogens (tertiary/aromatic N) is 1. The summed E-state index contributed by atoms with van der Waals surface area (Å²) in [5.74, 6) is 0.671. The van der Waals surface area contributed by atoms with Crippen molar-refractivity contribution in [2.75, 3.05) is 6.54 Å². The summed E-state index contributed by atoms with van der Waals surface area (Å²) in [7, 11) is 2.22. The Hall–Kier alpha value is -1.28. The topological polar surface area (TPSA) is 30.9 Å². The fourth-order valence-corrected chi connectivity index (χ4v) is 3.45. The highest BCUT2D eigenvalue weighted by molar-refractivity contribution is 5.89. The van der Waals surface area contributed by atoms with Gasteiger partial charge in [0, 0.05) is 18.1 Å². The molecule has 1 aliphatic carbocycles. The first-order valence-electron chi connectivity index (χ1n) is 6.90. The minimum absolute atomic E-state index is 0.671. The van der Waals surface area contributed by atoms with E-state index >= 15 is 0 Å². The van der Waals surface area contributed by atoms with E-state index in [1.54, 1.807) is 5.56 Å². The first-order chi connectivity index (χ1) is 8.63. The van der Waals surface area contributed by atoms with Gasteiger partial charge in [0.15, 0.2) is 0 Å². The van der Waals surface area contributed by atoms with Crippen molar-refractivity contribution in [1.29, 1.82) is 0 Å². The Morgan fingerprint density at radius 2 is 2.11 bits per heavy atom. The van der Waals surface area contributed by atoms with E-state index in [2.05, 4.69) is 37.6 Å². The molecule has 0 amide bonds. The number of nitrogens with two attached hydrogens (primary N) is 1. The summed E-state index contributed by atoms with van der Waals surface area (Å²) in [5, 5.41) is 1.45. The van der Waals surface area contributed by atoms with Gasteiger partial charge in [-0.05, 0) is 62.3 Å². The molecule has 0 spiro atoms. The Bertz CT molecular complexity index is 607. The lowest BCUT2D eigenvalue weighted by molar-refractivity contribution is 0.462. The van der Waals surface area contributed by atoms with Crippen LogP contribution in [0.3, 0.4) is 0 Å². The van der Waals surface area contributed by atoms with E-state index < -0.39 is 0 Å². The van der Waals surface area contributed by atoms with Crippen LogP contribution in [0.15, 0.2) is 12.1 Å². The van der Waals surface area contributed by atoms with Crippen molar-refractivity contribution < 1.29 is 0 Å². The maximum absolute atomic E-state index is 5.86. The molecule has 0 radical (unpaired) electrons. The smallest absolute Gasteiger partial charge is 0.0515 e. The number of benzene rings is 1. The van der Waals surface area contributed by atoms with E-state index in [4.69, 9.17) is 5.73 Å². The van der Waals surface area contributed by atoms with Gasteiger partial charge in [0.05, 0.1) is 5.52 Å². The summed E-state index contributed by atoms with van der Waals surface area (Å²) in [6.07, 6.45) is 3.58. The SMILES string of the molecule is Cc1ccc2c3c(n(C)c2c1C)CCC(CN)C3. The molecule has 2 N–H and O–H groups in total. The molecule has 0 fully saturated rings. The van der Waals surface area contributed by atoms with Crippen LogP contribution in [0, 0.1) is 19.8 Å². The number of hydrogen-bond donors (Lipinski definition) is 1. The predicted octanol–water partition coefficient (Wildman–Crippen LogP) is 2.86. The van der Waals surface area contributed by atoms with Gasteiger partial charge in [0.2, 0.25) is 0 Å². The van der Waals surface area contributed by atoms with Gasteiger partial charge in [-0.15, -0.1) is 0 Å². The second-order valence-corrected chi connectivity index (χ2v) is 5.73. The van der Waals surface area contributed by atoms with Gasteiger partial charge in [-0.1, -0.05) is 12.1 Å². The summed E-state index contributed by atoms with van der Waals surface area (Å²) >= 11 is 0. The van der Waals surface area contributed by atoms with Crippen molar-refractivity contribution in [3.05, 3.63) is 34.5 Å². The lowest BCUT2D eigenvalue weighted by Gasteiger charge is -2.21. The molecule has 2 heteroatoms. The molecule has 1 aliphatic rings. The molecule has 0 aliphatic heterocycles. The third-order valence-electron chi connectivity index (χ3n) is 4.73. The van der Waals surface area contributed by atoms with Crippen LogP contribution in [0.4, 0.5) is 0 Å². The monoisotopic (exact) mass is 242 g/mol. The van der Waals surface area contributed by atoms with Crippen LogP contribution in [0.25, 0.3) is 10.9 Å². The maximum atomic E-state index is 5.86. The average Bonchev–Trinajstić information content (AvgIpc) is 2.67. The first kappa shape index (κ1) is 11.8. The van der Waals surface area contributed by atoms with Gasteiger partial charge < -0.3 is 10.3 Å². The van der Waals surface area contributed by atoms with Gasteiger partial charge >= 0.3 is 0 Å². The zero-order valence-corrected chi connectivity index (χ0v) is 11.6. The van der Waals surface area contributed by atoms with Gasteiger partial charge in [-0.3, -0.25) is 0 Å². The molecule has 1 unspecified atom stereocenters. The molecule has 0 saturated carbocycles. The number of hydrogen-bond acceptors (Lipinski definition) is 1. The molecule has 1 aromatic carbocycles. The zero-order chi connectivity index (χ0) is 12.9.